The minimum Gasteiger partial charge on any atom is -0.548 e. The van der Waals surface area contributed by atoms with E-state index in [0.717, 1.165) is 22.5 Å². The Morgan fingerprint density at radius 3 is 2.58 bits per heavy atom. The number of aromatic amines is 1. The molecule has 0 fully saturated rings. The largest absolute Gasteiger partial charge is 1.00 e. The van der Waals surface area contributed by atoms with Gasteiger partial charge in [-0.15, -0.1) is 0 Å². The zero-order chi connectivity index (χ0) is 18.6. The molecule has 1 atom stereocenters. The predicted molar refractivity (Wildman–Crippen MR) is 91.4 cm³/mol. The number of carbonyl (C=O) groups is 3. The van der Waals surface area contributed by atoms with Crippen LogP contribution in [0.15, 0.2) is 43.1 Å². The van der Waals surface area contributed by atoms with Crippen LogP contribution in [0.2, 0.25) is 0 Å². The van der Waals surface area contributed by atoms with Crippen molar-refractivity contribution in [3.63, 3.8) is 0 Å². The van der Waals surface area contributed by atoms with Crippen molar-refractivity contribution in [1.82, 2.24) is 15.6 Å². The normalized spacial score (nSPS) is 11.9. The van der Waals surface area contributed by atoms with Crippen LogP contribution in [0.3, 0.4) is 0 Å². The van der Waals surface area contributed by atoms with Gasteiger partial charge in [-0.2, -0.15) is 0 Å². The summed E-state index contributed by atoms with van der Waals surface area (Å²) < 4.78 is 0. The van der Waals surface area contributed by atoms with Crippen LogP contribution in [0.25, 0.3) is 10.9 Å². The fourth-order valence-corrected chi connectivity index (χ4v) is 2.47. The molecule has 8 heteroatoms. The smallest absolute Gasteiger partial charge is 0.548 e. The van der Waals surface area contributed by atoms with E-state index in [4.69, 9.17) is 0 Å². The zero-order valence-electron chi connectivity index (χ0n) is 15.1. The van der Waals surface area contributed by atoms with Crippen LogP contribution in [0, 0.1) is 0 Å². The van der Waals surface area contributed by atoms with Gasteiger partial charge < -0.3 is 25.5 Å². The van der Waals surface area contributed by atoms with Crippen molar-refractivity contribution in [1.29, 1.82) is 0 Å². The number of carboxylic acid groups (broad SMARTS) is 1. The monoisotopic (exact) mass is 365 g/mol. The van der Waals surface area contributed by atoms with Gasteiger partial charge in [-0.25, -0.2) is 0 Å². The summed E-state index contributed by atoms with van der Waals surface area (Å²) in [6, 6.07) is 6.22. The second-order valence-corrected chi connectivity index (χ2v) is 6.23. The number of fused-ring (bicyclic) bond motifs is 1. The molecule has 0 aliphatic rings. The fourth-order valence-electron chi connectivity index (χ4n) is 2.47. The van der Waals surface area contributed by atoms with Crippen LogP contribution in [-0.4, -0.2) is 34.3 Å². The molecular formula is C18H20N3NaO4. The molecule has 0 spiro atoms. The molecule has 2 aromatic rings. The van der Waals surface area contributed by atoms with Crippen molar-refractivity contribution < 1.29 is 49.0 Å². The fraction of sp³-hybridized carbons (Fsp3) is 0.278. The van der Waals surface area contributed by atoms with E-state index in [1.54, 1.807) is 6.20 Å². The summed E-state index contributed by atoms with van der Waals surface area (Å²) in [4.78, 5) is 38.3. The Morgan fingerprint density at radius 2 is 1.96 bits per heavy atom. The molecule has 0 aliphatic carbocycles. The Hall–Kier alpha value is -2.09. The van der Waals surface area contributed by atoms with Gasteiger partial charge in [0.05, 0.1) is 12.0 Å². The summed E-state index contributed by atoms with van der Waals surface area (Å²) in [5.41, 5.74) is 0.330. The number of aliphatic carboxylic acids is 1. The predicted octanol–water partition coefficient (Wildman–Crippen LogP) is -2.97. The maximum atomic E-state index is 12.4. The number of amides is 2. The SMILES string of the molecule is C=CC(=O)NC(C)(C)C(=O)NC(Cc1c[nH]c2ccccc12)C(=O)[O-].[Na+]. The average molecular weight is 365 g/mol. The number of H-pyrrole nitrogens is 1. The number of carbonyl (C=O) groups excluding carboxylic acids is 3. The number of benzene rings is 1. The van der Waals surface area contributed by atoms with Crippen LogP contribution < -0.4 is 45.3 Å². The first-order valence-corrected chi connectivity index (χ1v) is 7.76. The van der Waals surface area contributed by atoms with Crippen LogP contribution in [0.1, 0.15) is 19.4 Å². The Labute approximate surface area is 173 Å². The van der Waals surface area contributed by atoms with E-state index < -0.39 is 29.4 Å². The van der Waals surface area contributed by atoms with Crippen LogP contribution in [0.4, 0.5) is 0 Å². The number of para-hydroxylation sites is 1. The van der Waals surface area contributed by atoms with Crippen LogP contribution >= 0.6 is 0 Å². The molecule has 2 amide bonds. The van der Waals surface area contributed by atoms with E-state index >= 15 is 0 Å². The minimum absolute atomic E-state index is 0. The van der Waals surface area contributed by atoms with Gasteiger partial charge in [0.25, 0.3) is 0 Å². The molecule has 7 nitrogen and oxygen atoms in total. The van der Waals surface area contributed by atoms with Gasteiger partial charge in [0.1, 0.15) is 5.54 Å². The molecule has 1 aromatic carbocycles. The molecule has 3 N–H and O–H groups in total. The first kappa shape index (κ1) is 22.0. The molecule has 1 heterocycles. The summed E-state index contributed by atoms with van der Waals surface area (Å²) in [5.74, 6) is -2.55. The Balaban J connectivity index is 0.00000338. The number of hydrogen-bond donors (Lipinski definition) is 3. The summed E-state index contributed by atoms with van der Waals surface area (Å²) in [5, 5.41) is 17.2. The number of carboxylic acids is 1. The Kier molecular flexibility index (Phi) is 7.62. The molecule has 0 bridgehead atoms. The van der Waals surface area contributed by atoms with Crippen molar-refractivity contribution >= 4 is 28.7 Å². The van der Waals surface area contributed by atoms with Crippen molar-refractivity contribution in [3.05, 3.63) is 48.7 Å². The molecule has 2 rings (SSSR count). The summed E-state index contributed by atoms with van der Waals surface area (Å²) in [6.07, 6.45) is 2.80. The molecule has 1 unspecified atom stereocenters. The summed E-state index contributed by atoms with van der Waals surface area (Å²) in [7, 11) is 0. The molecule has 0 saturated carbocycles. The van der Waals surface area contributed by atoms with Gasteiger partial charge in [0.15, 0.2) is 0 Å². The van der Waals surface area contributed by atoms with E-state index in [0.29, 0.717) is 0 Å². The summed E-state index contributed by atoms with van der Waals surface area (Å²) in [6.45, 7) is 6.27. The topological polar surface area (TPSA) is 114 Å². The molecule has 1 aromatic heterocycles. The molecule has 0 saturated heterocycles. The Morgan fingerprint density at radius 1 is 1.31 bits per heavy atom. The first-order chi connectivity index (χ1) is 11.7. The van der Waals surface area contributed by atoms with E-state index in [2.05, 4.69) is 22.2 Å². The maximum absolute atomic E-state index is 12.4. The maximum Gasteiger partial charge on any atom is 1.00 e. The standard InChI is InChI=1S/C18H21N3O4.Na/c1-4-15(22)21-18(2,3)17(25)20-14(16(23)24)9-11-10-19-13-8-6-5-7-12(11)13;/h4-8,10,14,19H,1,9H2,2-3H3,(H,20,25)(H,21,22)(H,23,24);/q;+1/p-1. The number of nitrogens with one attached hydrogen (secondary N) is 3. The van der Waals surface area contributed by atoms with Gasteiger partial charge in [-0.05, 0) is 31.6 Å². The van der Waals surface area contributed by atoms with Gasteiger partial charge in [-0.1, -0.05) is 24.8 Å². The molecule has 0 aliphatic heterocycles. The average Bonchev–Trinajstić information content (AvgIpc) is 2.96. The first-order valence-electron chi connectivity index (χ1n) is 7.76. The van der Waals surface area contributed by atoms with Crippen molar-refractivity contribution in [2.75, 3.05) is 0 Å². The van der Waals surface area contributed by atoms with Crippen LogP contribution in [-0.2, 0) is 20.8 Å². The van der Waals surface area contributed by atoms with E-state index in [9.17, 15) is 19.5 Å². The minimum atomic E-state index is -1.40. The van der Waals surface area contributed by atoms with Crippen molar-refractivity contribution in [2.24, 2.45) is 0 Å². The molecule has 0 radical (unpaired) electrons. The van der Waals surface area contributed by atoms with Gasteiger partial charge >= 0.3 is 29.6 Å². The van der Waals surface area contributed by atoms with Gasteiger partial charge in [0, 0.05) is 23.5 Å². The van der Waals surface area contributed by atoms with Gasteiger partial charge in [0.2, 0.25) is 11.8 Å². The second kappa shape index (κ2) is 9.02. The number of hydrogen-bond acceptors (Lipinski definition) is 4. The second-order valence-electron chi connectivity index (χ2n) is 6.23. The van der Waals surface area contributed by atoms with E-state index in [1.165, 1.54) is 13.8 Å². The zero-order valence-corrected chi connectivity index (χ0v) is 17.1. The summed E-state index contributed by atoms with van der Waals surface area (Å²) >= 11 is 0. The third-order valence-corrected chi connectivity index (χ3v) is 3.88. The van der Waals surface area contributed by atoms with Crippen LogP contribution in [0.5, 0.6) is 0 Å². The third-order valence-electron chi connectivity index (χ3n) is 3.88. The molecule has 26 heavy (non-hydrogen) atoms. The molecular weight excluding hydrogens is 345 g/mol. The van der Waals surface area contributed by atoms with Gasteiger partial charge in [-0.3, -0.25) is 9.59 Å². The quantitative estimate of drug-likeness (QED) is 0.359. The molecule has 132 valence electrons. The third kappa shape index (κ3) is 5.20. The van der Waals surface area contributed by atoms with Crippen molar-refractivity contribution in [3.8, 4) is 0 Å². The van der Waals surface area contributed by atoms with E-state index in [-0.39, 0.29) is 36.0 Å². The van der Waals surface area contributed by atoms with E-state index in [1.807, 2.05) is 24.3 Å². The Bertz CT molecular complexity index is 829. The number of aromatic nitrogens is 1. The van der Waals surface area contributed by atoms with Crippen molar-refractivity contribution in [2.45, 2.75) is 31.8 Å². The number of rotatable bonds is 7.